The van der Waals surface area contributed by atoms with Crippen molar-refractivity contribution in [1.82, 2.24) is 0 Å². The quantitative estimate of drug-likeness (QED) is 0.403. The highest BCUT2D eigenvalue weighted by atomic mass is 16.8. The first-order valence-electron chi connectivity index (χ1n) is 9.72. The molecule has 4 unspecified atom stereocenters. The van der Waals surface area contributed by atoms with Crippen LogP contribution in [0.3, 0.4) is 0 Å². The number of unbranched alkanes of at least 4 members (excludes halogenated alkanes) is 1. The summed E-state index contributed by atoms with van der Waals surface area (Å²) >= 11 is 0. The predicted octanol–water partition coefficient (Wildman–Crippen LogP) is 3.97. The van der Waals surface area contributed by atoms with E-state index >= 15 is 0 Å². The fourth-order valence-electron chi connectivity index (χ4n) is 3.19. The van der Waals surface area contributed by atoms with Gasteiger partial charge in [0.2, 0.25) is 0 Å². The summed E-state index contributed by atoms with van der Waals surface area (Å²) in [6.07, 6.45) is 2.45. The lowest BCUT2D eigenvalue weighted by Gasteiger charge is -2.37. The first kappa shape index (κ1) is 22.1. The highest BCUT2D eigenvalue weighted by Gasteiger charge is 2.34. The summed E-state index contributed by atoms with van der Waals surface area (Å²) < 4.78 is 33.3. The lowest BCUT2D eigenvalue weighted by Crippen LogP contribution is -2.41. The first-order chi connectivity index (χ1) is 13.1. The van der Waals surface area contributed by atoms with Crippen LogP contribution in [0.25, 0.3) is 0 Å². The van der Waals surface area contributed by atoms with E-state index in [0.29, 0.717) is 31.7 Å². The van der Waals surface area contributed by atoms with Crippen LogP contribution in [0.1, 0.15) is 38.7 Å². The van der Waals surface area contributed by atoms with Crippen LogP contribution in [0.5, 0.6) is 5.75 Å². The number of hydrogen-bond donors (Lipinski definition) is 0. The Kier molecular flexibility index (Phi) is 10.1. The van der Waals surface area contributed by atoms with Gasteiger partial charge in [-0.15, -0.1) is 0 Å². The van der Waals surface area contributed by atoms with Gasteiger partial charge < -0.3 is 28.4 Å². The van der Waals surface area contributed by atoms with E-state index in [9.17, 15) is 0 Å². The van der Waals surface area contributed by atoms with Gasteiger partial charge in [-0.05, 0) is 37.0 Å². The summed E-state index contributed by atoms with van der Waals surface area (Å²) in [4.78, 5) is 0. The van der Waals surface area contributed by atoms with Crippen molar-refractivity contribution in [3.63, 3.8) is 0 Å². The van der Waals surface area contributed by atoms with Crippen molar-refractivity contribution in [3.8, 4) is 5.75 Å². The van der Waals surface area contributed by atoms with Crippen molar-refractivity contribution >= 4 is 0 Å². The SMILES string of the molecule is COc1ccc(COCCCCOCOC2OC(OC)C(C)CC2C)cc1. The van der Waals surface area contributed by atoms with Crippen molar-refractivity contribution in [2.45, 2.75) is 52.3 Å². The van der Waals surface area contributed by atoms with Crippen LogP contribution < -0.4 is 4.74 Å². The Labute approximate surface area is 163 Å². The van der Waals surface area contributed by atoms with Crippen LogP contribution in [0.4, 0.5) is 0 Å². The molecule has 1 aliphatic heterocycles. The molecule has 0 amide bonds. The van der Waals surface area contributed by atoms with Crippen LogP contribution in [-0.4, -0.2) is 46.8 Å². The van der Waals surface area contributed by atoms with E-state index < -0.39 is 0 Å². The summed E-state index contributed by atoms with van der Waals surface area (Å²) in [5, 5.41) is 0. The van der Waals surface area contributed by atoms with Crippen molar-refractivity contribution in [2.24, 2.45) is 11.8 Å². The molecule has 27 heavy (non-hydrogen) atoms. The van der Waals surface area contributed by atoms with Gasteiger partial charge in [-0.1, -0.05) is 26.0 Å². The summed E-state index contributed by atoms with van der Waals surface area (Å²) in [5.74, 6) is 1.57. The lowest BCUT2D eigenvalue weighted by atomic mass is 9.93. The monoisotopic (exact) mass is 382 g/mol. The maximum Gasteiger partial charge on any atom is 0.166 e. The topological polar surface area (TPSA) is 55.4 Å². The highest BCUT2D eigenvalue weighted by molar-refractivity contribution is 5.26. The summed E-state index contributed by atoms with van der Waals surface area (Å²) in [5.41, 5.74) is 1.14. The van der Waals surface area contributed by atoms with Crippen LogP contribution >= 0.6 is 0 Å². The third-order valence-corrected chi connectivity index (χ3v) is 4.74. The third kappa shape index (κ3) is 7.76. The summed E-state index contributed by atoms with van der Waals surface area (Å²) in [6, 6.07) is 7.92. The number of rotatable bonds is 12. The van der Waals surface area contributed by atoms with Gasteiger partial charge in [0.05, 0.1) is 13.7 Å². The van der Waals surface area contributed by atoms with Crippen molar-refractivity contribution in [3.05, 3.63) is 29.8 Å². The largest absolute Gasteiger partial charge is 0.497 e. The molecule has 1 aliphatic rings. The normalized spacial score (nSPS) is 25.5. The molecule has 4 atom stereocenters. The van der Waals surface area contributed by atoms with E-state index in [0.717, 1.165) is 30.6 Å². The molecule has 0 bridgehead atoms. The second kappa shape index (κ2) is 12.3. The zero-order chi connectivity index (χ0) is 19.5. The Morgan fingerprint density at radius 3 is 2.26 bits per heavy atom. The third-order valence-electron chi connectivity index (χ3n) is 4.74. The van der Waals surface area contributed by atoms with Gasteiger partial charge in [0, 0.05) is 32.2 Å². The molecule has 6 nitrogen and oxygen atoms in total. The minimum atomic E-state index is -0.265. The fourth-order valence-corrected chi connectivity index (χ4v) is 3.19. The van der Waals surface area contributed by atoms with Gasteiger partial charge in [0.25, 0.3) is 0 Å². The Bertz CT molecular complexity index is 506. The van der Waals surface area contributed by atoms with Crippen LogP contribution in [0.15, 0.2) is 24.3 Å². The number of methoxy groups -OCH3 is 2. The molecule has 0 radical (unpaired) electrons. The van der Waals surface area contributed by atoms with E-state index in [2.05, 4.69) is 13.8 Å². The molecular weight excluding hydrogens is 348 g/mol. The maximum atomic E-state index is 5.82. The average molecular weight is 382 g/mol. The molecular formula is C21H34O6. The summed E-state index contributed by atoms with van der Waals surface area (Å²) in [6.45, 7) is 6.49. The molecule has 1 saturated heterocycles. The van der Waals surface area contributed by atoms with E-state index in [1.807, 2.05) is 24.3 Å². The fraction of sp³-hybridized carbons (Fsp3) is 0.714. The van der Waals surface area contributed by atoms with E-state index in [1.54, 1.807) is 14.2 Å². The van der Waals surface area contributed by atoms with Gasteiger partial charge in [-0.2, -0.15) is 0 Å². The molecule has 1 heterocycles. The van der Waals surface area contributed by atoms with E-state index in [-0.39, 0.29) is 19.4 Å². The number of hydrogen-bond acceptors (Lipinski definition) is 6. The average Bonchev–Trinajstić information content (AvgIpc) is 2.68. The zero-order valence-corrected chi connectivity index (χ0v) is 17.0. The minimum absolute atomic E-state index is 0.200. The minimum Gasteiger partial charge on any atom is -0.497 e. The van der Waals surface area contributed by atoms with Gasteiger partial charge in [-0.3, -0.25) is 0 Å². The van der Waals surface area contributed by atoms with Crippen LogP contribution in [0, 0.1) is 11.8 Å². The Morgan fingerprint density at radius 2 is 1.59 bits per heavy atom. The first-order valence-corrected chi connectivity index (χ1v) is 9.72. The molecule has 0 aliphatic carbocycles. The molecule has 0 N–H and O–H groups in total. The zero-order valence-electron chi connectivity index (χ0n) is 17.0. The summed E-state index contributed by atoms with van der Waals surface area (Å²) in [7, 11) is 3.33. The van der Waals surface area contributed by atoms with Crippen molar-refractivity contribution < 1.29 is 28.4 Å². The van der Waals surface area contributed by atoms with Crippen LogP contribution in [0.2, 0.25) is 0 Å². The predicted molar refractivity (Wildman–Crippen MR) is 102 cm³/mol. The molecule has 0 spiro atoms. The van der Waals surface area contributed by atoms with Gasteiger partial charge in [0.1, 0.15) is 12.5 Å². The molecule has 0 aromatic heterocycles. The molecule has 154 valence electrons. The van der Waals surface area contributed by atoms with Crippen LogP contribution in [-0.2, 0) is 30.3 Å². The van der Waals surface area contributed by atoms with E-state index in [1.165, 1.54) is 0 Å². The molecule has 0 saturated carbocycles. The van der Waals surface area contributed by atoms with Gasteiger partial charge >= 0.3 is 0 Å². The Balaban J connectivity index is 1.46. The van der Waals surface area contributed by atoms with Gasteiger partial charge in [-0.25, -0.2) is 0 Å². The highest BCUT2D eigenvalue weighted by Crippen LogP contribution is 2.30. The maximum absolute atomic E-state index is 5.82. The second-order valence-electron chi connectivity index (χ2n) is 7.10. The van der Waals surface area contributed by atoms with Crippen molar-refractivity contribution in [2.75, 3.05) is 34.2 Å². The molecule has 6 heteroatoms. The second-order valence-corrected chi connectivity index (χ2v) is 7.10. The van der Waals surface area contributed by atoms with Gasteiger partial charge in [0.15, 0.2) is 12.6 Å². The number of benzene rings is 1. The standard InChI is InChI=1S/C21H34O6/c1-16-13-17(2)21(27-20(16)23-4)26-15-25-12-6-5-11-24-14-18-7-9-19(22-3)10-8-18/h7-10,16-17,20-21H,5-6,11-15H2,1-4H3. The lowest BCUT2D eigenvalue weighted by molar-refractivity contribution is -0.311. The molecule has 1 aromatic carbocycles. The Hall–Kier alpha value is -1.18. The Morgan fingerprint density at radius 1 is 0.926 bits per heavy atom. The molecule has 1 aromatic rings. The molecule has 1 fully saturated rings. The number of ether oxygens (including phenoxy) is 6. The smallest absolute Gasteiger partial charge is 0.166 e. The van der Waals surface area contributed by atoms with Crippen molar-refractivity contribution in [1.29, 1.82) is 0 Å². The van der Waals surface area contributed by atoms with E-state index in [4.69, 9.17) is 28.4 Å². The molecule has 2 rings (SSSR count).